The molecule has 0 bridgehead atoms. The third kappa shape index (κ3) is 4.09. The van der Waals surface area contributed by atoms with Gasteiger partial charge in [0.2, 0.25) is 0 Å². The fraction of sp³-hybridized carbons (Fsp3) is 0.269. The first-order valence-electron chi connectivity index (χ1n) is 11.3. The molecule has 0 N–H and O–H groups in total. The zero-order chi connectivity index (χ0) is 23.7. The van der Waals surface area contributed by atoms with E-state index >= 15 is 0 Å². The van der Waals surface area contributed by atoms with E-state index in [4.69, 9.17) is 9.47 Å². The number of para-hydroxylation sites is 1. The van der Waals surface area contributed by atoms with Crippen LogP contribution in [0.25, 0.3) is 0 Å². The molecule has 3 aromatic carbocycles. The number of amides is 1. The largest absolute Gasteiger partial charge is 0.486 e. The molecular formula is C26H26N2O5S. The number of benzene rings is 3. The predicted molar refractivity (Wildman–Crippen MR) is 129 cm³/mol. The van der Waals surface area contributed by atoms with Gasteiger partial charge < -0.3 is 14.4 Å². The normalized spacial score (nSPS) is 17.4. The van der Waals surface area contributed by atoms with Crippen LogP contribution in [0.4, 0.5) is 5.69 Å². The molecule has 3 aromatic rings. The van der Waals surface area contributed by atoms with E-state index in [9.17, 15) is 13.2 Å². The molecule has 1 atom stereocenters. The first-order chi connectivity index (χ1) is 16.4. The first-order valence-corrected chi connectivity index (χ1v) is 12.7. The zero-order valence-corrected chi connectivity index (χ0v) is 19.7. The number of carbonyl (C=O) groups is 1. The van der Waals surface area contributed by atoms with Crippen molar-refractivity contribution < 1.29 is 22.7 Å². The van der Waals surface area contributed by atoms with Gasteiger partial charge in [0.05, 0.1) is 16.6 Å². The second-order valence-electron chi connectivity index (χ2n) is 8.40. The minimum absolute atomic E-state index is 0.0831. The number of hydrogen-bond acceptors (Lipinski definition) is 5. The highest BCUT2D eigenvalue weighted by Crippen LogP contribution is 2.38. The van der Waals surface area contributed by atoms with Gasteiger partial charge in [-0.15, -0.1) is 0 Å². The number of fused-ring (bicyclic) bond motifs is 1. The minimum atomic E-state index is -3.82. The van der Waals surface area contributed by atoms with Gasteiger partial charge in [0.1, 0.15) is 13.2 Å². The molecule has 1 saturated heterocycles. The van der Waals surface area contributed by atoms with Crippen molar-refractivity contribution >= 4 is 21.6 Å². The van der Waals surface area contributed by atoms with Crippen molar-refractivity contribution in [3.05, 3.63) is 83.9 Å². The van der Waals surface area contributed by atoms with Crippen molar-refractivity contribution in [1.82, 2.24) is 4.90 Å². The molecule has 176 valence electrons. The number of hydrogen-bond donors (Lipinski definition) is 0. The van der Waals surface area contributed by atoms with Gasteiger partial charge in [-0.2, -0.15) is 0 Å². The van der Waals surface area contributed by atoms with Crippen LogP contribution in [0.3, 0.4) is 0 Å². The molecule has 34 heavy (non-hydrogen) atoms. The van der Waals surface area contributed by atoms with Crippen LogP contribution in [-0.4, -0.2) is 46.0 Å². The van der Waals surface area contributed by atoms with Gasteiger partial charge in [-0.1, -0.05) is 30.3 Å². The number of anilines is 1. The number of likely N-dealkylation sites (tertiary alicyclic amines) is 1. The molecule has 2 aliphatic heterocycles. The Bertz CT molecular complexity index is 1310. The standard InChI is InChI=1S/C26H26N2O5S/c1-27(21-8-3-2-4-9-21)34(30,31)22-10-5-7-20(17-22)26(29)28-14-6-11-23(28)19-12-13-24-25(18-19)33-16-15-32-24/h2-5,7-10,12-13,17-18,23H,6,11,14-16H2,1H3/t23-/m1/s1. The summed E-state index contributed by atoms with van der Waals surface area (Å²) in [6, 6.07) is 20.8. The van der Waals surface area contributed by atoms with E-state index < -0.39 is 10.0 Å². The summed E-state index contributed by atoms with van der Waals surface area (Å²) in [6.07, 6.45) is 1.71. The lowest BCUT2D eigenvalue weighted by Crippen LogP contribution is -2.31. The molecule has 1 fully saturated rings. The summed E-state index contributed by atoms with van der Waals surface area (Å²) in [7, 11) is -2.30. The maximum absolute atomic E-state index is 13.5. The molecular weight excluding hydrogens is 452 g/mol. The summed E-state index contributed by atoms with van der Waals surface area (Å²) in [5.74, 6) is 1.23. The maximum atomic E-state index is 13.5. The minimum Gasteiger partial charge on any atom is -0.486 e. The molecule has 2 aliphatic rings. The van der Waals surface area contributed by atoms with E-state index in [0.717, 1.165) is 18.4 Å². The topological polar surface area (TPSA) is 76.2 Å². The van der Waals surface area contributed by atoms with Crippen molar-refractivity contribution in [2.45, 2.75) is 23.8 Å². The van der Waals surface area contributed by atoms with Crippen molar-refractivity contribution in [1.29, 1.82) is 0 Å². The zero-order valence-electron chi connectivity index (χ0n) is 18.9. The number of rotatable bonds is 5. The highest BCUT2D eigenvalue weighted by molar-refractivity contribution is 7.92. The van der Waals surface area contributed by atoms with E-state index in [1.165, 1.54) is 23.5 Å². The SMILES string of the molecule is CN(c1ccccc1)S(=O)(=O)c1cccc(C(=O)N2CCC[C@@H]2c2ccc3c(c2)OCCO3)c1. The summed E-state index contributed by atoms with van der Waals surface area (Å²) in [5.41, 5.74) is 1.90. The van der Waals surface area contributed by atoms with Crippen LogP contribution >= 0.6 is 0 Å². The van der Waals surface area contributed by atoms with Gasteiger partial charge >= 0.3 is 0 Å². The van der Waals surface area contributed by atoms with Gasteiger partial charge in [-0.3, -0.25) is 9.10 Å². The Morgan fingerprint density at radius 2 is 1.71 bits per heavy atom. The van der Waals surface area contributed by atoms with Gasteiger partial charge in [0.25, 0.3) is 15.9 Å². The van der Waals surface area contributed by atoms with Crippen LogP contribution in [-0.2, 0) is 10.0 Å². The summed E-state index contributed by atoms with van der Waals surface area (Å²) in [6.45, 7) is 1.64. The lowest BCUT2D eigenvalue weighted by molar-refractivity contribution is 0.0735. The highest BCUT2D eigenvalue weighted by Gasteiger charge is 2.32. The Morgan fingerprint density at radius 3 is 2.50 bits per heavy atom. The number of nitrogens with zero attached hydrogens (tertiary/aromatic N) is 2. The molecule has 0 saturated carbocycles. The van der Waals surface area contributed by atoms with Crippen LogP contribution < -0.4 is 13.8 Å². The maximum Gasteiger partial charge on any atom is 0.264 e. The highest BCUT2D eigenvalue weighted by atomic mass is 32.2. The van der Waals surface area contributed by atoms with Crippen LogP contribution in [0, 0.1) is 0 Å². The summed E-state index contributed by atoms with van der Waals surface area (Å²) in [4.78, 5) is 15.4. The van der Waals surface area contributed by atoms with Crippen molar-refractivity contribution in [2.75, 3.05) is 31.1 Å². The fourth-order valence-electron chi connectivity index (χ4n) is 4.51. The Labute approximate surface area is 199 Å². The van der Waals surface area contributed by atoms with Crippen molar-refractivity contribution in [2.24, 2.45) is 0 Å². The Kier molecular flexibility index (Phi) is 5.91. The fourth-order valence-corrected chi connectivity index (χ4v) is 5.76. The summed E-state index contributed by atoms with van der Waals surface area (Å²) >= 11 is 0. The molecule has 7 nitrogen and oxygen atoms in total. The molecule has 1 amide bonds. The van der Waals surface area contributed by atoms with Gasteiger partial charge in [-0.25, -0.2) is 8.42 Å². The van der Waals surface area contributed by atoms with Gasteiger partial charge in [0, 0.05) is 19.2 Å². The third-order valence-electron chi connectivity index (χ3n) is 6.32. The average molecular weight is 479 g/mol. The third-order valence-corrected chi connectivity index (χ3v) is 8.11. The molecule has 5 rings (SSSR count). The van der Waals surface area contributed by atoms with E-state index in [2.05, 4.69) is 0 Å². The van der Waals surface area contributed by atoms with E-state index in [-0.39, 0.29) is 16.8 Å². The molecule has 0 spiro atoms. The second kappa shape index (κ2) is 9.02. The molecule has 0 radical (unpaired) electrons. The Balaban J connectivity index is 1.41. The number of sulfonamides is 1. The van der Waals surface area contributed by atoms with Gasteiger partial charge in [0.15, 0.2) is 11.5 Å². The second-order valence-corrected chi connectivity index (χ2v) is 10.4. The summed E-state index contributed by atoms with van der Waals surface area (Å²) in [5, 5.41) is 0. The lowest BCUT2D eigenvalue weighted by atomic mass is 10.0. The van der Waals surface area contributed by atoms with Crippen LogP contribution in [0.15, 0.2) is 77.7 Å². The van der Waals surface area contributed by atoms with E-state index in [1.54, 1.807) is 36.4 Å². The summed E-state index contributed by atoms with van der Waals surface area (Å²) < 4.78 is 39.0. The Morgan fingerprint density at radius 1 is 0.941 bits per heavy atom. The van der Waals surface area contributed by atoms with Crippen molar-refractivity contribution in [3.8, 4) is 11.5 Å². The molecule has 0 unspecified atom stereocenters. The molecule has 2 heterocycles. The molecule has 0 aliphatic carbocycles. The first kappa shape index (κ1) is 22.3. The van der Waals surface area contributed by atoms with Gasteiger partial charge in [-0.05, 0) is 60.9 Å². The molecule has 8 heteroatoms. The lowest BCUT2D eigenvalue weighted by Gasteiger charge is -2.27. The number of ether oxygens (including phenoxy) is 2. The van der Waals surface area contributed by atoms with Crippen molar-refractivity contribution in [3.63, 3.8) is 0 Å². The average Bonchev–Trinajstić information content (AvgIpc) is 3.38. The van der Waals surface area contributed by atoms with Crippen LogP contribution in [0.1, 0.15) is 34.8 Å². The quantitative estimate of drug-likeness (QED) is 0.548. The van der Waals surface area contributed by atoms with E-state index in [1.807, 2.05) is 29.2 Å². The molecule has 0 aromatic heterocycles. The monoisotopic (exact) mass is 478 g/mol. The van der Waals surface area contributed by atoms with Crippen LogP contribution in [0.5, 0.6) is 11.5 Å². The van der Waals surface area contributed by atoms with Crippen LogP contribution in [0.2, 0.25) is 0 Å². The predicted octanol–water partition coefficient (Wildman–Crippen LogP) is 4.26. The smallest absolute Gasteiger partial charge is 0.264 e. The van der Waals surface area contributed by atoms with E-state index in [0.29, 0.717) is 42.5 Å². The Hall–Kier alpha value is -3.52. The number of carbonyl (C=O) groups excluding carboxylic acids is 1.